The van der Waals surface area contributed by atoms with Gasteiger partial charge in [0.05, 0.1) is 36.1 Å². The van der Waals surface area contributed by atoms with Gasteiger partial charge in [-0.25, -0.2) is 16.8 Å². The Balaban J connectivity index is 2.08. The number of para-hydroxylation sites is 2. The number of sulfonamides is 2. The Labute approximate surface area is 313 Å². The molecule has 0 saturated carbocycles. The third-order valence-electron chi connectivity index (χ3n) is 7.67. The molecule has 0 heterocycles. The second kappa shape index (κ2) is 18.9. The van der Waals surface area contributed by atoms with Crippen molar-refractivity contribution in [2.75, 3.05) is 26.3 Å². The van der Waals surface area contributed by atoms with E-state index in [0.717, 1.165) is 28.6 Å². The third kappa shape index (κ3) is 10.1. The second-order valence-electron chi connectivity index (χ2n) is 11.6. The highest BCUT2D eigenvalue weighted by Crippen LogP contribution is 2.30. The molecule has 0 spiro atoms. The minimum atomic E-state index is -4.72. The molecule has 2 atom stereocenters. The van der Waals surface area contributed by atoms with E-state index >= 15 is 0 Å². The minimum absolute atomic E-state index is 0.0566. The summed E-state index contributed by atoms with van der Waals surface area (Å²) in [7, 11) is -9.40. The normalized spacial score (nSPS) is 12.5. The van der Waals surface area contributed by atoms with Crippen LogP contribution in [0.2, 0.25) is 0 Å². The van der Waals surface area contributed by atoms with Crippen LogP contribution < -0.4 is 0 Å². The van der Waals surface area contributed by atoms with E-state index in [9.17, 15) is 46.7 Å². The highest BCUT2D eigenvalue weighted by atomic mass is 32.2. The van der Waals surface area contributed by atoms with Gasteiger partial charge in [-0.2, -0.15) is 8.61 Å². The first-order chi connectivity index (χ1) is 25.5. The van der Waals surface area contributed by atoms with Crippen molar-refractivity contribution in [2.45, 2.75) is 56.5 Å². The molecule has 3 aromatic carbocycles. The molecular formula is C36H38N4O12S2. The zero-order valence-corrected chi connectivity index (χ0v) is 31.6. The molecule has 0 bridgehead atoms. The first kappa shape index (κ1) is 42.8. The van der Waals surface area contributed by atoms with Crippen LogP contribution in [0, 0.1) is 49.8 Å². The van der Waals surface area contributed by atoms with Crippen molar-refractivity contribution >= 4 is 43.4 Å². The number of hydrogen-bond donors (Lipinski definition) is 0. The fourth-order valence-corrected chi connectivity index (χ4v) is 8.54. The summed E-state index contributed by atoms with van der Waals surface area (Å²) in [5.74, 6) is 8.60. The number of nitro benzene ring substituents is 2. The Morgan fingerprint density at radius 2 is 1.06 bits per heavy atom. The number of esters is 2. The number of nitrogens with zero attached hydrogens (tertiary/aromatic N) is 4. The standard InChI is InChI=1S/C36H38N4O12S2/c1-6-51-35(41)27(5)37(53(47,48)32-22-12-10-20-30(32)39(43)44)24-14-18-28-16-8-9-17-29(28)19-15-25-38(34(26(3)4)36(42)52-7-2)54(49,50)33-23-13-11-21-31(33)40(45)46/h8-13,16-17,20-23,26-27,34H,6-7,24-25H2,1-5H3/t27-,34-/m0/s1. The van der Waals surface area contributed by atoms with E-state index in [1.54, 1.807) is 45.0 Å². The molecule has 0 unspecified atom stereocenters. The average Bonchev–Trinajstić information content (AvgIpc) is 3.13. The predicted octanol–water partition coefficient (Wildman–Crippen LogP) is 4.13. The van der Waals surface area contributed by atoms with Crippen molar-refractivity contribution in [2.24, 2.45) is 5.92 Å². The second-order valence-corrected chi connectivity index (χ2v) is 15.3. The van der Waals surface area contributed by atoms with Crippen LogP contribution in [0.15, 0.2) is 82.6 Å². The molecule has 0 fully saturated rings. The van der Waals surface area contributed by atoms with E-state index in [-0.39, 0.29) is 24.3 Å². The monoisotopic (exact) mass is 782 g/mol. The van der Waals surface area contributed by atoms with Crippen LogP contribution in [-0.4, -0.2) is 85.6 Å². The number of rotatable bonds is 15. The molecule has 0 aliphatic heterocycles. The molecule has 0 aromatic heterocycles. The van der Waals surface area contributed by atoms with E-state index in [1.807, 2.05) is 0 Å². The van der Waals surface area contributed by atoms with E-state index in [2.05, 4.69) is 23.7 Å². The fourth-order valence-electron chi connectivity index (χ4n) is 5.12. The largest absolute Gasteiger partial charge is 0.465 e. The number of carbonyl (C=O) groups is 2. The molecule has 286 valence electrons. The number of hydrogen-bond acceptors (Lipinski definition) is 12. The number of benzene rings is 3. The molecule has 3 aromatic rings. The van der Waals surface area contributed by atoms with Gasteiger partial charge in [-0.05, 0) is 51.0 Å². The lowest BCUT2D eigenvalue weighted by Crippen LogP contribution is -2.49. The maximum absolute atomic E-state index is 14.0. The van der Waals surface area contributed by atoms with Gasteiger partial charge in [-0.15, -0.1) is 0 Å². The summed E-state index contributed by atoms with van der Waals surface area (Å²) < 4.78 is 67.1. The van der Waals surface area contributed by atoms with E-state index in [1.165, 1.54) is 38.1 Å². The molecule has 16 nitrogen and oxygen atoms in total. The van der Waals surface area contributed by atoms with Crippen LogP contribution in [-0.2, 0) is 39.1 Å². The van der Waals surface area contributed by atoms with E-state index in [4.69, 9.17) is 9.47 Å². The van der Waals surface area contributed by atoms with Gasteiger partial charge >= 0.3 is 11.9 Å². The highest BCUT2D eigenvalue weighted by molar-refractivity contribution is 7.89. The topological polar surface area (TPSA) is 214 Å². The average molecular weight is 783 g/mol. The van der Waals surface area contributed by atoms with E-state index < -0.39 is 94.1 Å². The molecular weight excluding hydrogens is 745 g/mol. The highest BCUT2D eigenvalue weighted by Gasteiger charge is 2.41. The maximum Gasteiger partial charge on any atom is 0.324 e. The summed E-state index contributed by atoms with van der Waals surface area (Å²) in [5.41, 5.74) is -0.877. The summed E-state index contributed by atoms with van der Waals surface area (Å²) in [6.07, 6.45) is 0. The zero-order valence-electron chi connectivity index (χ0n) is 30.0. The summed E-state index contributed by atoms with van der Waals surface area (Å²) in [6.45, 7) is 6.20. The molecule has 0 N–H and O–H groups in total. The molecule has 0 saturated heterocycles. The van der Waals surface area contributed by atoms with Crippen LogP contribution in [0.5, 0.6) is 0 Å². The van der Waals surface area contributed by atoms with Crippen LogP contribution in [0.4, 0.5) is 11.4 Å². The van der Waals surface area contributed by atoms with Crippen molar-refractivity contribution in [1.29, 1.82) is 0 Å². The Morgan fingerprint density at radius 3 is 1.48 bits per heavy atom. The van der Waals surface area contributed by atoms with Crippen molar-refractivity contribution in [3.8, 4) is 23.7 Å². The van der Waals surface area contributed by atoms with Gasteiger partial charge in [0.15, 0.2) is 9.79 Å². The quantitative estimate of drug-likeness (QED) is 0.0922. The van der Waals surface area contributed by atoms with Crippen molar-refractivity contribution < 1.29 is 45.7 Å². The first-order valence-corrected chi connectivity index (χ1v) is 19.3. The number of carbonyl (C=O) groups excluding carboxylic acids is 2. The summed E-state index contributed by atoms with van der Waals surface area (Å²) >= 11 is 0. The first-order valence-electron chi connectivity index (χ1n) is 16.4. The lowest BCUT2D eigenvalue weighted by Gasteiger charge is -2.30. The van der Waals surface area contributed by atoms with Crippen molar-refractivity contribution in [3.63, 3.8) is 0 Å². The molecule has 0 radical (unpaired) electrons. The van der Waals surface area contributed by atoms with Crippen LogP contribution in [0.3, 0.4) is 0 Å². The van der Waals surface area contributed by atoms with E-state index in [0.29, 0.717) is 4.31 Å². The Hall–Kier alpha value is -5.66. The van der Waals surface area contributed by atoms with Crippen LogP contribution >= 0.6 is 0 Å². The molecule has 0 amide bonds. The predicted molar refractivity (Wildman–Crippen MR) is 196 cm³/mol. The summed E-state index contributed by atoms with van der Waals surface area (Å²) in [4.78, 5) is 46.2. The van der Waals surface area contributed by atoms with Gasteiger partial charge in [0, 0.05) is 23.3 Å². The van der Waals surface area contributed by atoms with Crippen LogP contribution in [0.25, 0.3) is 0 Å². The molecule has 0 aliphatic carbocycles. The summed E-state index contributed by atoms with van der Waals surface area (Å²) in [5, 5.41) is 23.4. The Bertz CT molecular complexity index is 2240. The van der Waals surface area contributed by atoms with Gasteiger partial charge < -0.3 is 9.47 Å². The number of nitro groups is 2. The van der Waals surface area contributed by atoms with Crippen molar-refractivity contribution in [3.05, 3.63) is 104 Å². The molecule has 0 aliphatic rings. The minimum Gasteiger partial charge on any atom is -0.465 e. The maximum atomic E-state index is 14.0. The lowest BCUT2D eigenvalue weighted by molar-refractivity contribution is -0.388. The van der Waals surface area contributed by atoms with Gasteiger partial charge in [-0.3, -0.25) is 29.8 Å². The lowest BCUT2D eigenvalue weighted by atomic mass is 10.0. The summed E-state index contributed by atoms with van der Waals surface area (Å²) in [6, 6.07) is 12.9. The van der Waals surface area contributed by atoms with Crippen molar-refractivity contribution in [1.82, 2.24) is 8.61 Å². The van der Waals surface area contributed by atoms with Gasteiger partial charge in [-0.1, -0.05) is 73.9 Å². The Kier molecular flexibility index (Phi) is 15.0. The molecule has 18 heteroatoms. The van der Waals surface area contributed by atoms with Crippen LogP contribution in [0.1, 0.15) is 45.7 Å². The molecule has 54 heavy (non-hydrogen) atoms. The van der Waals surface area contributed by atoms with Gasteiger partial charge in [0.25, 0.3) is 31.4 Å². The number of ether oxygens (including phenoxy) is 2. The smallest absolute Gasteiger partial charge is 0.324 e. The molecule has 3 rings (SSSR count). The SMILES string of the molecule is CCOC(=O)[C@H](C(C)C)N(CC#Cc1ccccc1C#CCN([C@@H](C)C(=O)OCC)S(=O)(=O)c1ccccc1[N+](=O)[O-])S(=O)(=O)c1ccccc1[N+](=O)[O-]. The fraction of sp³-hybridized carbons (Fsp3) is 0.333. The van der Waals surface area contributed by atoms with Gasteiger partial charge in [0.1, 0.15) is 12.1 Å². The Morgan fingerprint density at radius 1 is 0.667 bits per heavy atom. The third-order valence-corrected chi connectivity index (χ3v) is 11.5. The zero-order chi connectivity index (χ0) is 40.2. The van der Waals surface area contributed by atoms with Gasteiger partial charge in [0.2, 0.25) is 0 Å².